The molecule has 1 aliphatic heterocycles. The van der Waals surface area contributed by atoms with Crippen LogP contribution < -0.4 is 0 Å². The van der Waals surface area contributed by atoms with Crippen molar-refractivity contribution in [2.45, 2.75) is 32.2 Å². The highest BCUT2D eigenvalue weighted by atomic mass is 35.5. The van der Waals surface area contributed by atoms with E-state index in [1.54, 1.807) is 6.20 Å². The largest absolute Gasteiger partial charge is 0.311 e. The van der Waals surface area contributed by atoms with Gasteiger partial charge >= 0.3 is 0 Å². The highest BCUT2D eigenvalue weighted by Gasteiger charge is 2.29. The molecule has 3 heterocycles. The van der Waals surface area contributed by atoms with Crippen molar-refractivity contribution in [3.8, 4) is 0 Å². The molecule has 1 fully saturated rings. The normalized spacial score (nSPS) is 22.7. The lowest BCUT2D eigenvalue weighted by atomic mass is 10.1. The number of sulfone groups is 1. The molecule has 2 aromatic heterocycles. The SMILES string of the molecule is Cc1cnc2c(c1)nc(C(C)Cl)n2CC1CCS(=O)(=O)C1. The number of nitrogens with zero attached hydrogens (tertiary/aromatic N) is 3. The van der Waals surface area contributed by atoms with Crippen molar-refractivity contribution in [2.75, 3.05) is 11.5 Å². The fourth-order valence-corrected chi connectivity index (χ4v) is 4.90. The maximum Gasteiger partial charge on any atom is 0.160 e. The number of alkyl halides is 1. The van der Waals surface area contributed by atoms with E-state index in [2.05, 4.69) is 9.97 Å². The fourth-order valence-electron chi connectivity index (χ4n) is 2.89. The van der Waals surface area contributed by atoms with E-state index in [0.717, 1.165) is 22.6 Å². The zero-order chi connectivity index (χ0) is 15.2. The molecule has 0 bridgehead atoms. The number of halogens is 1. The van der Waals surface area contributed by atoms with Gasteiger partial charge in [0.2, 0.25) is 0 Å². The Balaban J connectivity index is 2.02. The second-order valence-corrected chi connectivity index (χ2v) is 8.70. The number of fused-ring (bicyclic) bond motifs is 1. The van der Waals surface area contributed by atoms with E-state index in [0.29, 0.717) is 13.0 Å². The van der Waals surface area contributed by atoms with Crippen molar-refractivity contribution < 1.29 is 8.42 Å². The first-order chi connectivity index (χ1) is 9.85. The Morgan fingerprint density at radius 2 is 2.29 bits per heavy atom. The second kappa shape index (κ2) is 5.25. The van der Waals surface area contributed by atoms with Gasteiger partial charge in [0.15, 0.2) is 15.5 Å². The van der Waals surface area contributed by atoms with Crippen LogP contribution in [0.25, 0.3) is 11.2 Å². The molecule has 2 atom stereocenters. The number of imidazole rings is 1. The van der Waals surface area contributed by atoms with Crippen LogP contribution in [0, 0.1) is 12.8 Å². The first kappa shape index (κ1) is 14.8. The van der Waals surface area contributed by atoms with Gasteiger partial charge in [0.25, 0.3) is 0 Å². The third-order valence-electron chi connectivity index (χ3n) is 3.87. The van der Waals surface area contributed by atoms with Crippen molar-refractivity contribution in [2.24, 2.45) is 5.92 Å². The predicted octanol–water partition coefficient (Wildman–Crippen LogP) is 2.47. The molecule has 0 aliphatic carbocycles. The van der Waals surface area contributed by atoms with Gasteiger partial charge in [-0.05, 0) is 37.8 Å². The van der Waals surface area contributed by atoms with Crippen molar-refractivity contribution in [1.29, 1.82) is 0 Å². The van der Waals surface area contributed by atoms with Crippen LogP contribution in [0.2, 0.25) is 0 Å². The molecule has 2 aromatic rings. The quantitative estimate of drug-likeness (QED) is 0.812. The predicted molar refractivity (Wildman–Crippen MR) is 83.3 cm³/mol. The van der Waals surface area contributed by atoms with Gasteiger partial charge in [0, 0.05) is 12.7 Å². The Morgan fingerprint density at radius 1 is 1.52 bits per heavy atom. The highest BCUT2D eigenvalue weighted by Crippen LogP contribution is 2.27. The second-order valence-electron chi connectivity index (χ2n) is 5.82. The van der Waals surface area contributed by atoms with Crippen LogP contribution in [0.5, 0.6) is 0 Å². The lowest BCUT2D eigenvalue weighted by Gasteiger charge is -2.13. The molecule has 114 valence electrons. The highest BCUT2D eigenvalue weighted by molar-refractivity contribution is 7.91. The van der Waals surface area contributed by atoms with Gasteiger partial charge in [0.1, 0.15) is 11.3 Å². The molecule has 0 spiro atoms. The van der Waals surface area contributed by atoms with E-state index >= 15 is 0 Å². The minimum Gasteiger partial charge on any atom is -0.311 e. The third-order valence-corrected chi connectivity index (χ3v) is 5.91. The topological polar surface area (TPSA) is 64.8 Å². The Kier molecular flexibility index (Phi) is 3.69. The number of hydrogen-bond donors (Lipinski definition) is 0. The Labute approximate surface area is 129 Å². The summed E-state index contributed by atoms with van der Waals surface area (Å²) in [6, 6.07) is 1.98. The summed E-state index contributed by atoms with van der Waals surface area (Å²) in [5.41, 5.74) is 2.65. The van der Waals surface area contributed by atoms with Crippen LogP contribution in [-0.4, -0.2) is 34.5 Å². The van der Waals surface area contributed by atoms with Crippen molar-refractivity contribution in [3.05, 3.63) is 23.7 Å². The molecule has 0 radical (unpaired) electrons. The molecule has 0 saturated carbocycles. The molecule has 0 amide bonds. The molecular weight excluding hydrogens is 310 g/mol. The maximum absolute atomic E-state index is 11.6. The molecule has 0 aromatic carbocycles. The lowest BCUT2D eigenvalue weighted by Crippen LogP contribution is -2.15. The molecule has 1 saturated heterocycles. The zero-order valence-corrected chi connectivity index (χ0v) is 13.7. The summed E-state index contributed by atoms with van der Waals surface area (Å²) in [7, 11) is -2.88. The van der Waals surface area contributed by atoms with Crippen molar-refractivity contribution in [3.63, 3.8) is 0 Å². The van der Waals surface area contributed by atoms with E-state index in [9.17, 15) is 8.42 Å². The monoisotopic (exact) mass is 327 g/mol. The number of aryl methyl sites for hydroxylation is 1. The van der Waals surface area contributed by atoms with Crippen LogP contribution in [0.4, 0.5) is 0 Å². The summed E-state index contributed by atoms with van der Waals surface area (Å²) in [6.07, 6.45) is 2.50. The standard InChI is InChI=1S/C14H18ClN3O2S/c1-9-5-12-14(16-6-9)18(13(17-12)10(2)15)7-11-3-4-21(19,20)8-11/h5-6,10-11H,3-4,7-8H2,1-2H3. The van der Waals surface area contributed by atoms with E-state index in [1.165, 1.54) is 0 Å². The Morgan fingerprint density at radius 3 is 2.90 bits per heavy atom. The van der Waals surface area contributed by atoms with E-state index in [1.807, 2.05) is 24.5 Å². The summed E-state index contributed by atoms with van der Waals surface area (Å²) in [5.74, 6) is 1.40. The summed E-state index contributed by atoms with van der Waals surface area (Å²) < 4.78 is 25.2. The molecule has 7 heteroatoms. The van der Waals surface area contributed by atoms with Gasteiger partial charge in [-0.15, -0.1) is 11.6 Å². The van der Waals surface area contributed by atoms with E-state index in [4.69, 9.17) is 11.6 Å². The van der Waals surface area contributed by atoms with E-state index < -0.39 is 9.84 Å². The van der Waals surface area contributed by atoms with Crippen LogP contribution in [0.3, 0.4) is 0 Å². The number of aromatic nitrogens is 3. The summed E-state index contributed by atoms with van der Waals surface area (Å²) >= 11 is 6.23. The van der Waals surface area contributed by atoms with Crippen LogP contribution >= 0.6 is 11.6 Å². The summed E-state index contributed by atoms with van der Waals surface area (Å²) in [5, 5.41) is -0.238. The Bertz CT molecular complexity index is 783. The smallest absolute Gasteiger partial charge is 0.160 e. The number of pyridine rings is 1. The van der Waals surface area contributed by atoms with Gasteiger partial charge < -0.3 is 4.57 Å². The first-order valence-corrected chi connectivity index (χ1v) is 9.29. The van der Waals surface area contributed by atoms with Gasteiger partial charge in [-0.3, -0.25) is 0 Å². The van der Waals surface area contributed by atoms with Gasteiger partial charge in [-0.1, -0.05) is 0 Å². The van der Waals surface area contributed by atoms with Gasteiger partial charge in [-0.25, -0.2) is 18.4 Å². The molecular formula is C14H18ClN3O2S. The van der Waals surface area contributed by atoms with Gasteiger partial charge in [0.05, 0.1) is 16.9 Å². The zero-order valence-electron chi connectivity index (χ0n) is 12.1. The average molecular weight is 328 g/mol. The maximum atomic E-state index is 11.6. The number of rotatable bonds is 3. The Hall–Kier alpha value is -1.14. The fraction of sp³-hybridized carbons (Fsp3) is 0.571. The van der Waals surface area contributed by atoms with Crippen LogP contribution in [0.1, 0.15) is 30.1 Å². The molecule has 2 unspecified atom stereocenters. The van der Waals surface area contributed by atoms with Crippen molar-refractivity contribution >= 4 is 32.6 Å². The van der Waals surface area contributed by atoms with Crippen LogP contribution in [-0.2, 0) is 16.4 Å². The summed E-state index contributed by atoms with van der Waals surface area (Å²) in [6.45, 7) is 4.45. The summed E-state index contributed by atoms with van der Waals surface area (Å²) in [4.78, 5) is 9.03. The average Bonchev–Trinajstić information content (AvgIpc) is 2.90. The molecule has 21 heavy (non-hydrogen) atoms. The molecule has 5 nitrogen and oxygen atoms in total. The lowest BCUT2D eigenvalue weighted by molar-refractivity contribution is 0.484. The molecule has 1 aliphatic rings. The molecule has 3 rings (SSSR count). The first-order valence-electron chi connectivity index (χ1n) is 7.03. The van der Waals surface area contributed by atoms with Crippen molar-refractivity contribution in [1.82, 2.24) is 14.5 Å². The van der Waals surface area contributed by atoms with E-state index in [-0.39, 0.29) is 22.8 Å². The molecule has 0 N–H and O–H groups in total. The van der Waals surface area contributed by atoms with Gasteiger partial charge in [-0.2, -0.15) is 0 Å². The minimum absolute atomic E-state index is 0.115. The van der Waals surface area contributed by atoms with Crippen LogP contribution in [0.15, 0.2) is 12.3 Å². The number of hydrogen-bond acceptors (Lipinski definition) is 4. The minimum atomic E-state index is -2.88. The third kappa shape index (κ3) is 2.92.